The van der Waals surface area contributed by atoms with Gasteiger partial charge in [0.05, 0.1) is 5.25 Å². The first-order chi connectivity index (χ1) is 12.7. The third-order valence-electron chi connectivity index (χ3n) is 4.93. The number of carbonyl (C=O) groups excluding carboxylic acids is 1. The molecule has 0 bridgehead atoms. The fourth-order valence-electron chi connectivity index (χ4n) is 3.73. The number of piperidine rings is 1. The van der Waals surface area contributed by atoms with E-state index >= 15 is 0 Å². The fourth-order valence-corrected chi connectivity index (χ4v) is 4.97. The van der Waals surface area contributed by atoms with Gasteiger partial charge in [0.2, 0.25) is 11.7 Å². The van der Waals surface area contributed by atoms with Crippen molar-refractivity contribution in [2.24, 2.45) is 5.92 Å². The zero-order chi connectivity index (χ0) is 19.8. The van der Waals surface area contributed by atoms with E-state index < -0.39 is 11.9 Å². The molecular formula is C18H24F3N3O2S. The molecule has 150 valence electrons. The standard InChI is InChI=1S/C18H24F3N3O2S/c1-11-15(22-26-16(11)18(19,20)21)13-6-7-14(27-13)17(25)24-8-4-5-12(10-24)9-23(2)3/h6,12,14H,4-5,7-10H2,1-3H3/t12-,14?/m1/s1. The number of halogens is 3. The van der Waals surface area contributed by atoms with Crippen LogP contribution in [0.1, 0.15) is 36.3 Å². The molecule has 2 aliphatic heterocycles. The minimum Gasteiger partial charge on any atom is -0.351 e. The molecule has 1 unspecified atom stereocenters. The van der Waals surface area contributed by atoms with Crippen molar-refractivity contribution in [3.63, 3.8) is 0 Å². The Morgan fingerprint density at radius 1 is 1.44 bits per heavy atom. The summed E-state index contributed by atoms with van der Waals surface area (Å²) in [7, 11) is 4.05. The van der Waals surface area contributed by atoms with Crippen LogP contribution < -0.4 is 0 Å². The van der Waals surface area contributed by atoms with Crippen LogP contribution in [0.2, 0.25) is 0 Å². The van der Waals surface area contributed by atoms with E-state index in [0.29, 0.717) is 17.2 Å². The lowest BCUT2D eigenvalue weighted by atomic mass is 9.97. The molecule has 0 aliphatic carbocycles. The molecule has 1 aromatic heterocycles. The number of alkyl halides is 3. The number of hydrogen-bond acceptors (Lipinski definition) is 5. The Balaban J connectivity index is 1.64. The fraction of sp³-hybridized carbons (Fsp3) is 0.667. The van der Waals surface area contributed by atoms with Gasteiger partial charge in [0.25, 0.3) is 0 Å². The number of allylic oxidation sites excluding steroid dienone is 1. The lowest BCUT2D eigenvalue weighted by molar-refractivity contribution is -0.156. The molecule has 3 rings (SSSR count). The van der Waals surface area contributed by atoms with Gasteiger partial charge >= 0.3 is 6.18 Å². The topological polar surface area (TPSA) is 49.6 Å². The highest BCUT2D eigenvalue weighted by Gasteiger charge is 2.40. The molecule has 1 amide bonds. The number of nitrogens with zero attached hydrogens (tertiary/aromatic N) is 3. The maximum atomic E-state index is 12.9. The van der Waals surface area contributed by atoms with Crippen LogP contribution in [-0.2, 0) is 11.0 Å². The highest BCUT2D eigenvalue weighted by molar-refractivity contribution is 8.09. The number of carbonyl (C=O) groups is 1. The van der Waals surface area contributed by atoms with Crippen molar-refractivity contribution in [3.8, 4) is 0 Å². The summed E-state index contributed by atoms with van der Waals surface area (Å²) in [5.74, 6) is -0.549. The maximum absolute atomic E-state index is 12.9. The van der Waals surface area contributed by atoms with E-state index in [2.05, 4.69) is 14.6 Å². The molecule has 0 aromatic carbocycles. The van der Waals surface area contributed by atoms with E-state index in [0.717, 1.165) is 32.5 Å². The lowest BCUT2D eigenvalue weighted by Crippen LogP contribution is -2.45. The minimum absolute atomic E-state index is 0.0293. The third-order valence-corrected chi connectivity index (χ3v) is 6.22. The zero-order valence-corrected chi connectivity index (χ0v) is 16.5. The van der Waals surface area contributed by atoms with Crippen LogP contribution in [0.5, 0.6) is 0 Å². The van der Waals surface area contributed by atoms with Crippen molar-refractivity contribution < 1.29 is 22.5 Å². The van der Waals surface area contributed by atoms with Crippen molar-refractivity contribution in [2.75, 3.05) is 33.7 Å². The predicted octanol–water partition coefficient (Wildman–Crippen LogP) is 3.65. The Labute approximate surface area is 160 Å². The minimum atomic E-state index is -4.57. The average Bonchev–Trinajstić information content (AvgIpc) is 3.19. The van der Waals surface area contributed by atoms with Crippen LogP contribution in [0.4, 0.5) is 13.2 Å². The summed E-state index contributed by atoms with van der Waals surface area (Å²) in [5, 5.41) is 3.30. The Morgan fingerprint density at radius 2 is 2.19 bits per heavy atom. The van der Waals surface area contributed by atoms with Crippen molar-refractivity contribution in [3.05, 3.63) is 23.1 Å². The number of thioether (sulfide) groups is 1. The highest BCUT2D eigenvalue weighted by atomic mass is 32.2. The third kappa shape index (κ3) is 4.51. The number of likely N-dealkylation sites (tertiary alicyclic amines) is 1. The summed E-state index contributed by atoms with van der Waals surface area (Å²) in [6, 6.07) is 0. The first kappa shape index (κ1) is 20.3. The van der Waals surface area contributed by atoms with Crippen molar-refractivity contribution in [2.45, 2.75) is 37.6 Å². The average molecular weight is 403 g/mol. The summed E-state index contributed by atoms with van der Waals surface area (Å²) < 4.78 is 43.2. The van der Waals surface area contributed by atoms with E-state index in [1.54, 1.807) is 6.08 Å². The summed E-state index contributed by atoms with van der Waals surface area (Å²) in [6.07, 6.45) is -0.175. The van der Waals surface area contributed by atoms with Gasteiger partial charge in [0, 0.05) is 30.1 Å². The van der Waals surface area contributed by atoms with Gasteiger partial charge < -0.3 is 14.3 Å². The maximum Gasteiger partial charge on any atom is 0.452 e. The quantitative estimate of drug-likeness (QED) is 0.768. The summed E-state index contributed by atoms with van der Waals surface area (Å²) >= 11 is 1.29. The molecule has 2 atom stereocenters. The largest absolute Gasteiger partial charge is 0.452 e. The Bertz CT molecular complexity index is 730. The van der Waals surface area contributed by atoms with Crippen LogP contribution in [0.25, 0.3) is 4.91 Å². The Morgan fingerprint density at radius 3 is 2.81 bits per heavy atom. The number of aromatic nitrogens is 1. The SMILES string of the molecule is Cc1c(C2=CCC(C(=O)N3CCC[C@H](CN(C)C)C3)S2)noc1C(F)(F)F. The summed E-state index contributed by atoms with van der Waals surface area (Å²) in [5.41, 5.74) is 0.158. The molecule has 2 aliphatic rings. The van der Waals surface area contributed by atoms with Crippen LogP contribution in [0, 0.1) is 12.8 Å². The van der Waals surface area contributed by atoms with Gasteiger partial charge in [0.15, 0.2) is 0 Å². The lowest BCUT2D eigenvalue weighted by Gasteiger charge is -2.35. The van der Waals surface area contributed by atoms with Gasteiger partial charge in [-0.15, -0.1) is 11.8 Å². The van der Waals surface area contributed by atoms with Crippen molar-refractivity contribution in [1.29, 1.82) is 0 Å². The van der Waals surface area contributed by atoms with Gasteiger partial charge in [-0.25, -0.2) is 0 Å². The second-order valence-electron chi connectivity index (χ2n) is 7.45. The number of hydrogen-bond donors (Lipinski definition) is 0. The van der Waals surface area contributed by atoms with Crippen LogP contribution in [0.15, 0.2) is 10.6 Å². The summed E-state index contributed by atoms with van der Waals surface area (Å²) in [6.45, 7) is 3.78. The molecule has 0 N–H and O–H groups in total. The second-order valence-corrected chi connectivity index (χ2v) is 8.69. The second kappa shape index (κ2) is 7.87. The van der Waals surface area contributed by atoms with Gasteiger partial charge in [-0.2, -0.15) is 13.2 Å². The number of amides is 1. The highest BCUT2D eigenvalue weighted by Crippen LogP contribution is 2.43. The van der Waals surface area contributed by atoms with Crippen LogP contribution in [-0.4, -0.2) is 59.8 Å². The smallest absolute Gasteiger partial charge is 0.351 e. The Kier molecular flexibility index (Phi) is 5.90. The van der Waals surface area contributed by atoms with E-state index in [1.807, 2.05) is 19.0 Å². The van der Waals surface area contributed by atoms with Crippen LogP contribution in [0.3, 0.4) is 0 Å². The molecule has 1 saturated heterocycles. The molecule has 0 spiro atoms. The van der Waals surface area contributed by atoms with E-state index in [9.17, 15) is 18.0 Å². The zero-order valence-electron chi connectivity index (χ0n) is 15.7. The normalized spacial score (nSPS) is 23.8. The van der Waals surface area contributed by atoms with Gasteiger partial charge in [-0.3, -0.25) is 4.79 Å². The van der Waals surface area contributed by atoms with Crippen molar-refractivity contribution >= 4 is 22.6 Å². The molecule has 1 fully saturated rings. The first-order valence-electron chi connectivity index (χ1n) is 9.01. The van der Waals surface area contributed by atoms with Crippen LogP contribution >= 0.6 is 11.8 Å². The predicted molar refractivity (Wildman–Crippen MR) is 98.1 cm³/mol. The Hall–Kier alpha value is -1.48. The van der Waals surface area contributed by atoms with Crippen molar-refractivity contribution in [1.82, 2.24) is 15.0 Å². The summed E-state index contributed by atoms with van der Waals surface area (Å²) in [4.78, 5) is 17.5. The molecule has 27 heavy (non-hydrogen) atoms. The monoisotopic (exact) mass is 403 g/mol. The first-order valence-corrected chi connectivity index (χ1v) is 9.89. The molecular weight excluding hydrogens is 379 g/mol. The van der Waals surface area contributed by atoms with E-state index in [4.69, 9.17) is 0 Å². The van der Waals surface area contributed by atoms with E-state index in [-0.39, 0.29) is 22.4 Å². The molecule has 0 radical (unpaired) electrons. The molecule has 3 heterocycles. The number of rotatable bonds is 4. The molecule has 0 saturated carbocycles. The molecule has 5 nitrogen and oxygen atoms in total. The van der Waals surface area contributed by atoms with Gasteiger partial charge in [-0.05, 0) is 46.2 Å². The molecule has 9 heteroatoms. The van der Waals surface area contributed by atoms with E-state index in [1.165, 1.54) is 18.7 Å². The van der Waals surface area contributed by atoms with Gasteiger partial charge in [0.1, 0.15) is 5.69 Å². The van der Waals surface area contributed by atoms with Gasteiger partial charge in [-0.1, -0.05) is 11.2 Å². The molecule has 1 aromatic rings.